The number of nitrogens with zero attached hydrogens (tertiary/aromatic N) is 3. The van der Waals surface area contributed by atoms with Gasteiger partial charge in [-0.05, 0) is 6.07 Å². The molecular formula is C5H4N3-. The molecule has 1 aromatic rings. The molecule has 3 heteroatoms. The van der Waals surface area contributed by atoms with E-state index in [1.807, 2.05) is 0 Å². The van der Waals surface area contributed by atoms with Crippen molar-refractivity contribution in [2.45, 2.75) is 0 Å². The molecule has 3 nitrogen and oxygen atoms in total. The quantitative estimate of drug-likeness (QED) is 0.454. The molecule has 0 aliphatic carbocycles. The summed E-state index contributed by atoms with van der Waals surface area (Å²) in [5.41, 5.74) is 0. The normalized spacial score (nSPS) is 6.25. The van der Waals surface area contributed by atoms with Crippen molar-refractivity contribution in [1.82, 2.24) is 9.97 Å². The van der Waals surface area contributed by atoms with E-state index in [9.17, 15) is 0 Å². The monoisotopic (exact) mass is 106 g/mol. The first-order valence-electron chi connectivity index (χ1n) is 1.92. The van der Waals surface area contributed by atoms with Crippen molar-refractivity contribution in [3.63, 3.8) is 0 Å². The van der Waals surface area contributed by atoms with E-state index in [1.54, 1.807) is 18.5 Å². The van der Waals surface area contributed by atoms with Crippen LogP contribution in [0.3, 0.4) is 0 Å². The lowest BCUT2D eigenvalue weighted by Gasteiger charge is -1.70. The zero-order chi connectivity index (χ0) is 6.24. The molecule has 0 atom stereocenters. The Hall–Kier alpha value is -1.43. The van der Waals surface area contributed by atoms with Gasteiger partial charge in [0, 0.05) is 12.4 Å². The van der Waals surface area contributed by atoms with Gasteiger partial charge in [-0.25, -0.2) is 9.97 Å². The molecule has 0 radical (unpaired) electrons. The summed E-state index contributed by atoms with van der Waals surface area (Å²) in [6, 6.07) is 1.78. The van der Waals surface area contributed by atoms with Crippen molar-refractivity contribution in [2.75, 3.05) is 0 Å². The Bertz CT molecular complexity index is 108. The fraction of sp³-hybridized carbons (Fsp3) is 0. The summed E-state index contributed by atoms with van der Waals surface area (Å²) >= 11 is 0. The molecule has 0 aliphatic heterocycles. The molecule has 1 aromatic heterocycles. The van der Waals surface area contributed by atoms with Crippen LogP contribution in [0.4, 0.5) is 0 Å². The Morgan fingerprint density at radius 2 is 1.62 bits per heavy atom. The van der Waals surface area contributed by atoms with Crippen LogP contribution in [0.2, 0.25) is 0 Å². The largest absolute Gasteiger partial charge is 0.512 e. The van der Waals surface area contributed by atoms with E-state index < -0.39 is 0 Å². The zero-order valence-electron chi connectivity index (χ0n) is 4.15. The first-order chi connectivity index (χ1) is 4.00. The van der Waals surface area contributed by atoms with E-state index in [4.69, 9.17) is 11.8 Å². The molecule has 1 heterocycles. The predicted molar refractivity (Wildman–Crippen MR) is 27.0 cm³/mol. The molecule has 0 spiro atoms. The highest BCUT2D eigenvalue weighted by molar-refractivity contribution is 4.74. The average molecular weight is 106 g/mol. The molecule has 0 unspecified atom stereocenters. The molecule has 0 aliphatic rings. The summed E-state index contributed by atoms with van der Waals surface area (Å²) in [7, 11) is 0. The van der Waals surface area contributed by atoms with Gasteiger partial charge in [-0.15, -0.1) is 0 Å². The second-order valence-electron chi connectivity index (χ2n) is 0.904. The molecule has 8 heavy (non-hydrogen) atoms. The topological polar surface area (TPSA) is 49.6 Å². The smallest absolute Gasteiger partial charge is 0.115 e. The maximum atomic E-state index is 6.25. The maximum absolute atomic E-state index is 6.25. The number of hydrogen-bond donors (Lipinski definition) is 0. The lowest BCUT2D eigenvalue weighted by molar-refractivity contribution is 1.17. The van der Waals surface area contributed by atoms with Gasteiger partial charge < -0.3 is 11.8 Å². The average Bonchev–Trinajstić information content (AvgIpc) is 1.96. The van der Waals surface area contributed by atoms with Gasteiger partial charge in [0.25, 0.3) is 0 Å². The molecule has 40 valence electrons. The van der Waals surface area contributed by atoms with Crippen molar-refractivity contribution >= 4 is 0 Å². The highest BCUT2D eigenvalue weighted by Crippen LogP contribution is 1.66. The van der Waals surface area contributed by atoms with Crippen LogP contribution in [0.1, 0.15) is 0 Å². The third-order valence-corrected chi connectivity index (χ3v) is 0.478. The summed E-state index contributed by atoms with van der Waals surface area (Å²) in [6.45, 7) is 4.75. The lowest BCUT2D eigenvalue weighted by atomic mass is 10.7. The van der Waals surface area contributed by atoms with Crippen LogP contribution < -0.4 is 0 Å². The Balaban J connectivity index is 0.000000222. The summed E-state index contributed by atoms with van der Waals surface area (Å²) in [6.07, 6.45) is 4.88. The van der Waals surface area contributed by atoms with E-state index in [2.05, 4.69) is 9.97 Å². The van der Waals surface area contributed by atoms with Crippen molar-refractivity contribution < 1.29 is 0 Å². The van der Waals surface area contributed by atoms with Crippen molar-refractivity contribution in [3.05, 3.63) is 31.4 Å². The molecule has 1 rings (SSSR count). The van der Waals surface area contributed by atoms with Gasteiger partial charge in [0.1, 0.15) is 6.33 Å². The van der Waals surface area contributed by atoms with Crippen LogP contribution in [0.25, 0.3) is 0 Å². The second-order valence-corrected chi connectivity index (χ2v) is 0.904. The van der Waals surface area contributed by atoms with Crippen LogP contribution in [0, 0.1) is 11.8 Å². The van der Waals surface area contributed by atoms with Gasteiger partial charge in [0.2, 0.25) is 0 Å². The van der Waals surface area contributed by atoms with Crippen LogP contribution in [-0.2, 0) is 0 Å². The van der Waals surface area contributed by atoms with Gasteiger partial charge in [-0.2, -0.15) is 0 Å². The van der Waals surface area contributed by atoms with Crippen LogP contribution in [0.15, 0.2) is 24.8 Å². The number of hydrogen-bond acceptors (Lipinski definition) is 3. The van der Waals surface area contributed by atoms with Crippen molar-refractivity contribution in [2.24, 2.45) is 0 Å². The van der Waals surface area contributed by atoms with Crippen LogP contribution >= 0.6 is 0 Å². The summed E-state index contributed by atoms with van der Waals surface area (Å²) in [4.78, 5) is 7.35. The lowest BCUT2D eigenvalue weighted by Crippen LogP contribution is -1.66. The van der Waals surface area contributed by atoms with Crippen molar-refractivity contribution in [1.29, 1.82) is 5.26 Å². The minimum Gasteiger partial charge on any atom is -0.512 e. The molecule has 0 bridgehead atoms. The van der Waals surface area contributed by atoms with Crippen LogP contribution in [0.5, 0.6) is 0 Å². The van der Waals surface area contributed by atoms with Crippen molar-refractivity contribution in [3.8, 4) is 0 Å². The van der Waals surface area contributed by atoms with E-state index in [1.165, 1.54) is 6.33 Å². The molecule has 0 amide bonds. The first-order valence-corrected chi connectivity index (χ1v) is 1.92. The number of aromatic nitrogens is 2. The molecule has 0 aromatic carbocycles. The molecule has 0 saturated carbocycles. The van der Waals surface area contributed by atoms with Crippen LogP contribution in [-0.4, -0.2) is 9.97 Å². The Morgan fingerprint density at radius 1 is 1.12 bits per heavy atom. The molecule has 0 fully saturated rings. The molecule has 0 saturated heterocycles. The SMILES string of the molecule is [C-]#N.c1cncnc1. The van der Waals surface area contributed by atoms with E-state index in [0.29, 0.717) is 0 Å². The molecular weight excluding hydrogens is 102 g/mol. The van der Waals surface area contributed by atoms with Gasteiger partial charge in [-0.3, -0.25) is 0 Å². The standard InChI is InChI=1S/C4H4N2.CN/c1-2-5-4-6-3-1;1-2/h1-4H;/q;-1. The predicted octanol–water partition coefficient (Wildman–Crippen LogP) is 0.573. The minimum atomic E-state index is 1.50. The fourth-order valence-electron chi connectivity index (χ4n) is 0.253. The summed E-state index contributed by atoms with van der Waals surface area (Å²) in [5, 5.41) is 6.25. The highest BCUT2D eigenvalue weighted by Gasteiger charge is 1.59. The third-order valence-electron chi connectivity index (χ3n) is 0.478. The second kappa shape index (κ2) is 5.57. The van der Waals surface area contributed by atoms with E-state index >= 15 is 0 Å². The van der Waals surface area contributed by atoms with Gasteiger partial charge in [0.05, 0.1) is 0 Å². The van der Waals surface area contributed by atoms with Gasteiger partial charge >= 0.3 is 0 Å². The van der Waals surface area contributed by atoms with Gasteiger partial charge in [0.15, 0.2) is 0 Å². The Kier molecular flexibility index (Phi) is 4.57. The maximum Gasteiger partial charge on any atom is 0.115 e. The molecule has 0 N–H and O–H groups in total. The summed E-state index contributed by atoms with van der Waals surface area (Å²) in [5.74, 6) is 0. The third kappa shape index (κ3) is 2.79. The van der Waals surface area contributed by atoms with Gasteiger partial charge in [-0.1, -0.05) is 0 Å². The highest BCUT2D eigenvalue weighted by atomic mass is 14.8. The summed E-state index contributed by atoms with van der Waals surface area (Å²) < 4.78 is 0. The Morgan fingerprint density at radius 3 is 1.75 bits per heavy atom. The van der Waals surface area contributed by atoms with E-state index in [0.717, 1.165) is 0 Å². The Labute approximate surface area is 47.6 Å². The minimum absolute atomic E-state index is 1.50. The van der Waals surface area contributed by atoms with E-state index in [-0.39, 0.29) is 0 Å². The number of rotatable bonds is 0. The zero-order valence-corrected chi connectivity index (χ0v) is 4.15. The first kappa shape index (κ1) is 6.57. The fourth-order valence-corrected chi connectivity index (χ4v) is 0.253.